The van der Waals surface area contributed by atoms with Crippen LogP contribution in [0.4, 0.5) is 0 Å². The Morgan fingerprint density at radius 1 is 1.37 bits per heavy atom. The third-order valence-corrected chi connectivity index (χ3v) is 2.89. The summed E-state index contributed by atoms with van der Waals surface area (Å²) in [6.45, 7) is 1.94. The number of nitrogens with zero attached hydrogens (tertiary/aromatic N) is 3. The molecule has 0 aliphatic rings. The molecule has 6 heteroatoms. The van der Waals surface area contributed by atoms with E-state index in [1.165, 1.54) is 0 Å². The first-order valence-electron chi connectivity index (χ1n) is 5.75. The summed E-state index contributed by atoms with van der Waals surface area (Å²) in [5.41, 5.74) is 1.04. The van der Waals surface area contributed by atoms with Gasteiger partial charge in [0.25, 0.3) is 0 Å². The lowest BCUT2D eigenvalue weighted by molar-refractivity contribution is 0.0686. The molecule has 96 valence electrons. The van der Waals surface area contributed by atoms with E-state index in [-0.39, 0.29) is 12.2 Å². The number of aromatic carboxylic acids is 1. The summed E-state index contributed by atoms with van der Waals surface area (Å²) in [4.78, 5) is 11.3. The number of para-hydroxylation sites is 1. The van der Waals surface area contributed by atoms with Crippen LogP contribution in [-0.2, 0) is 6.54 Å². The Morgan fingerprint density at radius 3 is 2.84 bits per heavy atom. The maximum Gasteiger partial charge on any atom is 0.352 e. The number of carbonyl (C=O) groups is 1. The Labute approximate surface area is 108 Å². The summed E-state index contributed by atoms with van der Waals surface area (Å²) in [5, 5.41) is 17.8. The van der Waals surface area contributed by atoms with Crippen molar-refractivity contribution >= 4 is 16.9 Å². The van der Waals surface area contributed by atoms with Gasteiger partial charge in [0.05, 0.1) is 0 Å². The molecule has 0 saturated carbocycles. The van der Waals surface area contributed by atoms with E-state index in [1.54, 1.807) is 17.6 Å². The fraction of sp³-hybridized carbons (Fsp3) is 0.154. The van der Waals surface area contributed by atoms with Gasteiger partial charge >= 0.3 is 5.97 Å². The number of hydrogen-bond acceptors (Lipinski definition) is 4. The molecule has 2 aromatic heterocycles. The van der Waals surface area contributed by atoms with Gasteiger partial charge in [0.1, 0.15) is 12.2 Å². The van der Waals surface area contributed by atoms with Crippen molar-refractivity contribution in [3.63, 3.8) is 0 Å². The van der Waals surface area contributed by atoms with Gasteiger partial charge in [-0.15, -0.1) is 10.2 Å². The highest BCUT2D eigenvalue weighted by Gasteiger charge is 2.16. The predicted molar refractivity (Wildman–Crippen MR) is 67.0 cm³/mol. The van der Waals surface area contributed by atoms with E-state index in [0.717, 1.165) is 10.9 Å². The number of carboxylic acids is 1. The zero-order valence-electron chi connectivity index (χ0n) is 10.2. The van der Waals surface area contributed by atoms with E-state index >= 15 is 0 Å². The minimum Gasteiger partial charge on any atom is -0.477 e. The molecule has 0 aliphatic carbocycles. The first-order chi connectivity index (χ1) is 9.15. The van der Waals surface area contributed by atoms with Crippen molar-refractivity contribution in [1.29, 1.82) is 0 Å². The van der Waals surface area contributed by atoms with Crippen molar-refractivity contribution in [2.45, 2.75) is 13.5 Å². The smallest absolute Gasteiger partial charge is 0.352 e. The maximum atomic E-state index is 11.3. The van der Waals surface area contributed by atoms with Crippen LogP contribution < -0.4 is 0 Å². The summed E-state index contributed by atoms with van der Waals surface area (Å²) in [7, 11) is 0. The van der Waals surface area contributed by atoms with Gasteiger partial charge in [-0.25, -0.2) is 4.79 Å². The van der Waals surface area contributed by atoms with Crippen molar-refractivity contribution in [1.82, 2.24) is 14.8 Å². The van der Waals surface area contributed by atoms with Crippen molar-refractivity contribution in [3.8, 4) is 0 Å². The molecule has 0 radical (unpaired) electrons. The molecule has 0 aliphatic heterocycles. The topological polar surface area (TPSA) is 81.2 Å². The molecule has 1 aromatic carbocycles. The highest BCUT2D eigenvalue weighted by atomic mass is 16.4. The molecule has 0 fully saturated rings. The maximum absolute atomic E-state index is 11.3. The van der Waals surface area contributed by atoms with Crippen molar-refractivity contribution in [2.75, 3.05) is 0 Å². The van der Waals surface area contributed by atoms with Gasteiger partial charge in [0.15, 0.2) is 0 Å². The van der Waals surface area contributed by atoms with Gasteiger partial charge in [-0.2, -0.15) is 0 Å². The Balaban J connectivity index is 2.14. The third-order valence-electron chi connectivity index (χ3n) is 2.89. The zero-order chi connectivity index (χ0) is 13.4. The van der Waals surface area contributed by atoms with Crippen molar-refractivity contribution in [3.05, 3.63) is 47.8 Å². The molecule has 0 spiro atoms. The molecule has 19 heavy (non-hydrogen) atoms. The van der Waals surface area contributed by atoms with Crippen molar-refractivity contribution < 1.29 is 14.3 Å². The lowest BCUT2D eigenvalue weighted by Crippen LogP contribution is -2.09. The van der Waals surface area contributed by atoms with Crippen LogP contribution in [0.5, 0.6) is 0 Å². The van der Waals surface area contributed by atoms with E-state index in [0.29, 0.717) is 11.8 Å². The van der Waals surface area contributed by atoms with Gasteiger partial charge in [-0.3, -0.25) is 0 Å². The fourth-order valence-electron chi connectivity index (χ4n) is 2.09. The average molecular weight is 257 g/mol. The van der Waals surface area contributed by atoms with Crippen LogP contribution in [0.15, 0.2) is 34.7 Å². The second-order valence-electron chi connectivity index (χ2n) is 4.19. The monoisotopic (exact) mass is 257 g/mol. The minimum absolute atomic E-state index is 0.206. The number of hydrogen-bond donors (Lipinski definition) is 1. The van der Waals surface area contributed by atoms with Crippen LogP contribution in [0.3, 0.4) is 0 Å². The summed E-state index contributed by atoms with van der Waals surface area (Å²) < 4.78 is 6.96. The second kappa shape index (κ2) is 4.24. The molecule has 0 unspecified atom stereocenters. The van der Waals surface area contributed by atoms with Crippen LogP contribution in [0.2, 0.25) is 0 Å². The molecule has 0 saturated heterocycles. The molecule has 3 aromatic rings. The molecular formula is C13H11N3O3. The SMILES string of the molecule is Cc1nnc(Cn2c(C(=O)O)cc3ccccc32)o1. The van der Waals surface area contributed by atoms with E-state index < -0.39 is 5.97 Å². The summed E-state index contributed by atoms with van der Waals surface area (Å²) in [5.74, 6) is -0.128. The fourth-order valence-corrected chi connectivity index (χ4v) is 2.09. The minimum atomic E-state index is -0.979. The Hall–Kier alpha value is -2.63. The van der Waals surface area contributed by atoms with Crippen LogP contribution in [0.25, 0.3) is 10.9 Å². The summed E-state index contributed by atoms with van der Waals surface area (Å²) in [6, 6.07) is 9.11. The molecule has 0 bridgehead atoms. The van der Waals surface area contributed by atoms with Crippen molar-refractivity contribution in [2.24, 2.45) is 0 Å². The standard InChI is InChI=1S/C13H11N3O3/c1-8-14-15-12(19-8)7-16-10-5-3-2-4-9(10)6-11(16)13(17)18/h2-6H,7H2,1H3,(H,17,18). The van der Waals surface area contributed by atoms with Crippen LogP contribution >= 0.6 is 0 Å². The Morgan fingerprint density at radius 2 is 2.16 bits per heavy atom. The number of aromatic nitrogens is 3. The van der Waals surface area contributed by atoms with Crippen LogP contribution in [-0.4, -0.2) is 25.8 Å². The lowest BCUT2D eigenvalue weighted by Gasteiger charge is -2.04. The van der Waals surface area contributed by atoms with E-state index in [9.17, 15) is 9.90 Å². The normalized spacial score (nSPS) is 11.0. The van der Waals surface area contributed by atoms with Gasteiger partial charge in [-0.05, 0) is 12.1 Å². The van der Waals surface area contributed by atoms with Crippen LogP contribution in [0, 0.1) is 6.92 Å². The molecule has 2 heterocycles. The summed E-state index contributed by atoms with van der Waals surface area (Å²) in [6.07, 6.45) is 0. The highest BCUT2D eigenvalue weighted by molar-refractivity contribution is 5.94. The predicted octanol–water partition coefficient (Wildman–Crippen LogP) is 2.08. The summed E-state index contributed by atoms with van der Waals surface area (Å²) >= 11 is 0. The number of aryl methyl sites for hydroxylation is 1. The molecular weight excluding hydrogens is 246 g/mol. The largest absolute Gasteiger partial charge is 0.477 e. The van der Waals surface area contributed by atoms with E-state index in [1.807, 2.05) is 24.3 Å². The Kier molecular flexibility index (Phi) is 2.56. The molecule has 6 nitrogen and oxygen atoms in total. The van der Waals surface area contributed by atoms with Crippen LogP contribution in [0.1, 0.15) is 22.3 Å². The zero-order valence-corrected chi connectivity index (χ0v) is 10.2. The number of fused-ring (bicyclic) bond motifs is 1. The van der Waals surface area contributed by atoms with Gasteiger partial charge in [-0.1, -0.05) is 18.2 Å². The quantitative estimate of drug-likeness (QED) is 0.776. The van der Waals surface area contributed by atoms with E-state index in [4.69, 9.17) is 4.42 Å². The highest BCUT2D eigenvalue weighted by Crippen LogP contribution is 2.21. The number of carboxylic acid groups (broad SMARTS) is 1. The first-order valence-corrected chi connectivity index (χ1v) is 5.75. The molecule has 0 amide bonds. The molecule has 1 N–H and O–H groups in total. The average Bonchev–Trinajstić information content (AvgIpc) is 2.95. The number of benzene rings is 1. The van der Waals surface area contributed by atoms with Gasteiger partial charge < -0.3 is 14.1 Å². The first kappa shape index (κ1) is 11.5. The van der Waals surface area contributed by atoms with Gasteiger partial charge in [0.2, 0.25) is 11.8 Å². The van der Waals surface area contributed by atoms with E-state index in [2.05, 4.69) is 10.2 Å². The van der Waals surface area contributed by atoms with Gasteiger partial charge in [0, 0.05) is 17.8 Å². The molecule has 3 rings (SSSR count). The lowest BCUT2D eigenvalue weighted by atomic mass is 10.2. The third kappa shape index (κ3) is 1.97. The number of rotatable bonds is 3. The second-order valence-corrected chi connectivity index (χ2v) is 4.19. The molecule has 0 atom stereocenters. The Bertz CT molecular complexity index is 757.